The Morgan fingerprint density at radius 3 is 2.47 bits per heavy atom. The van der Waals surface area contributed by atoms with Crippen LogP contribution in [0.15, 0.2) is 89.9 Å². The number of anilines is 2. The summed E-state index contributed by atoms with van der Waals surface area (Å²) >= 11 is 0. The van der Waals surface area contributed by atoms with Gasteiger partial charge in [0.1, 0.15) is 11.5 Å². The van der Waals surface area contributed by atoms with Gasteiger partial charge in [-0.3, -0.25) is 9.59 Å². The van der Waals surface area contributed by atoms with Crippen molar-refractivity contribution in [2.24, 2.45) is 0 Å². The molecule has 1 aliphatic heterocycles. The van der Waals surface area contributed by atoms with Crippen molar-refractivity contribution in [3.8, 4) is 22.9 Å². The van der Waals surface area contributed by atoms with Gasteiger partial charge in [-0.25, -0.2) is 0 Å². The van der Waals surface area contributed by atoms with Gasteiger partial charge in [-0.05, 0) is 73.5 Å². The summed E-state index contributed by atoms with van der Waals surface area (Å²) < 4.78 is 18.1. The number of methoxy groups -OCH3 is 1. The van der Waals surface area contributed by atoms with Crippen molar-refractivity contribution < 1.29 is 19.0 Å². The summed E-state index contributed by atoms with van der Waals surface area (Å²) in [6.45, 7) is 1.23. The number of nitrogens with zero attached hydrogens (tertiary/aromatic N) is 2. The molecular formula is C29H28N4O5. The van der Waals surface area contributed by atoms with E-state index in [1.54, 1.807) is 67.8 Å². The zero-order valence-corrected chi connectivity index (χ0v) is 20.9. The van der Waals surface area contributed by atoms with Gasteiger partial charge in [0.2, 0.25) is 0 Å². The third-order valence-corrected chi connectivity index (χ3v) is 6.16. The maximum atomic E-state index is 13.6. The van der Waals surface area contributed by atoms with E-state index in [0.717, 1.165) is 19.4 Å². The van der Waals surface area contributed by atoms with Crippen LogP contribution < -0.4 is 25.7 Å². The highest BCUT2D eigenvalue weighted by molar-refractivity contribution is 5.94. The Kier molecular flexibility index (Phi) is 7.65. The average molecular weight is 513 g/mol. The van der Waals surface area contributed by atoms with Gasteiger partial charge in [0.25, 0.3) is 11.5 Å². The first-order chi connectivity index (χ1) is 18.6. The van der Waals surface area contributed by atoms with E-state index in [4.69, 9.17) is 14.2 Å². The van der Waals surface area contributed by atoms with E-state index in [9.17, 15) is 9.59 Å². The van der Waals surface area contributed by atoms with E-state index in [2.05, 4.69) is 15.7 Å². The van der Waals surface area contributed by atoms with Gasteiger partial charge in [0.15, 0.2) is 11.4 Å². The van der Waals surface area contributed by atoms with Crippen molar-refractivity contribution in [3.05, 3.63) is 101 Å². The zero-order chi connectivity index (χ0) is 26.3. The van der Waals surface area contributed by atoms with Crippen molar-refractivity contribution in [2.75, 3.05) is 25.6 Å². The van der Waals surface area contributed by atoms with Crippen LogP contribution in [0.2, 0.25) is 0 Å². The molecule has 194 valence electrons. The average Bonchev–Trinajstić information content (AvgIpc) is 3.49. The molecule has 4 aromatic rings. The topological polar surface area (TPSA) is 104 Å². The molecule has 0 unspecified atom stereocenters. The Morgan fingerprint density at radius 1 is 1.03 bits per heavy atom. The minimum absolute atomic E-state index is 0.0717. The van der Waals surface area contributed by atoms with Crippen molar-refractivity contribution in [1.29, 1.82) is 0 Å². The molecule has 0 spiro atoms. The number of para-hydroxylation sites is 1. The summed E-state index contributed by atoms with van der Waals surface area (Å²) in [6.07, 6.45) is 3.54. The molecule has 1 amide bonds. The summed E-state index contributed by atoms with van der Waals surface area (Å²) in [4.78, 5) is 26.1. The molecule has 1 aromatic heterocycles. The van der Waals surface area contributed by atoms with Crippen molar-refractivity contribution in [3.63, 3.8) is 0 Å². The van der Waals surface area contributed by atoms with Crippen LogP contribution in [0.1, 0.15) is 23.2 Å². The highest BCUT2D eigenvalue weighted by Crippen LogP contribution is 2.29. The molecule has 38 heavy (non-hydrogen) atoms. The Hall–Kier alpha value is -4.63. The summed E-state index contributed by atoms with van der Waals surface area (Å²) in [5, 5.41) is 10.4. The number of rotatable bonds is 9. The molecule has 0 radical (unpaired) electrons. The first kappa shape index (κ1) is 25.0. The molecule has 3 aromatic carbocycles. The molecule has 0 aliphatic carbocycles. The van der Waals surface area contributed by atoms with Gasteiger partial charge in [-0.15, -0.1) is 0 Å². The van der Waals surface area contributed by atoms with E-state index in [1.165, 1.54) is 10.9 Å². The normalized spacial score (nSPS) is 14.6. The highest BCUT2D eigenvalue weighted by atomic mass is 16.5. The number of hydrogen-bond donors (Lipinski definition) is 2. The van der Waals surface area contributed by atoms with Gasteiger partial charge < -0.3 is 24.8 Å². The Labute approximate surface area is 220 Å². The number of aromatic nitrogens is 2. The summed E-state index contributed by atoms with van der Waals surface area (Å²) in [7, 11) is 1.58. The molecule has 1 atom stereocenters. The molecular weight excluding hydrogens is 484 g/mol. The molecule has 0 bridgehead atoms. The standard InChI is InChI=1S/C29H28N4O5/c1-36-23-15-13-22(14-16-23)33-29(35)27(26(19-31-33)38-24-6-3-2-4-7-24)32-21-11-9-20(10-12-21)28(34)30-18-25-8-5-17-37-25/h2-4,6-7,9-16,19,25,32H,5,8,17-18H2,1H3,(H,30,34)/t25-/m1/s1. The quantitative estimate of drug-likeness (QED) is 0.335. The number of benzene rings is 3. The largest absolute Gasteiger partial charge is 0.497 e. The third-order valence-electron chi connectivity index (χ3n) is 6.16. The maximum Gasteiger partial charge on any atom is 0.299 e. The highest BCUT2D eigenvalue weighted by Gasteiger charge is 2.18. The molecule has 1 saturated heterocycles. The smallest absolute Gasteiger partial charge is 0.299 e. The lowest BCUT2D eigenvalue weighted by Crippen LogP contribution is -2.31. The number of hydrogen-bond acceptors (Lipinski definition) is 7. The molecule has 1 fully saturated rings. The maximum absolute atomic E-state index is 13.6. The number of carbonyl (C=O) groups excluding carboxylic acids is 1. The van der Waals surface area contributed by atoms with Gasteiger partial charge in [-0.2, -0.15) is 9.78 Å². The van der Waals surface area contributed by atoms with Gasteiger partial charge in [-0.1, -0.05) is 18.2 Å². The zero-order valence-electron chi connectivity index (χ0n) is 20.9. The van der Waals surface area contributed by atoms with E-state index in [0.29, 0.717) is 35.0 Å². The van der Waals surface area contributed by atoms with Crippen LogP contribution in [0.4, 0.5) is 11.4 Å². The van der Waals surface area contributed by atoms with Gasteiger partial charge in [0.05, 0.1) is 25.1 Å². The van der Waals surface area contributed by atoms with E-state index >= 15 is 0 Å². The van der Waals surface area contributed by atoms with Crippen molar-refractivity contribution in [1.82, 2.24) is 15.1 Å². The first-order valence-corrected chi connectivity index (χ1v) is 12.4. The Balaban J connectivity index is 1.40. The van der Waals surface area contributed by atoms with Crippen LogP contribution in [0.25, 0.3) is 5.69 Å². The lowest BCUT2D eigenvalue weighted by molar-refractivity contribution is 0.0858. The van der Waals surface area contributed by atoms with Crippen LogP contribution in [0, 0.1) is 0 Å². The Morgan fingerprint density at radius 2 is 1.79 bits per heavy atom. The monoisotopic (exact) mass is 512 g/mol. The van der Waals surface area contributed by atoms with Crippen LogP contribution >= 0.6 is 0 Å². The predicted molar refractivity (Wildman–Crippen MR) is 144 cm³/mol. The minimum atomic E-state index is -0.401. The van der Waals surface area contributed by atoms with Crippen molar-refractivity contribution in [2.45, 2.75) is 18.9 Å². The minimum Gasteiger partial charge on any atom is -0.497 e. The fourth-order valence-electron chi connectivity index (χ4n) is 4.12. The van der Waals surface area contributed by atoms with E-state index in [-0.39, 0.29) is 23.4 Å². The molecule has 9 heteroatoms. The molecule has 9 nitrogen and oxygen atoms in total. The number of amides is 1. The summed E-state index contributed by atoms with van der Waals surface area (Å²) in [5.41, 5.74) is 1.50. The van der Waals surface area contributed by atoms with Crippen LogP contribution in [0.5, 0.6) is 17.2 Å². The number of ether oxygens (including phenoxy) is 3. The van der Waals surface area contributed by atoms with Crippen molar-refractivity contribution >= 4 is 17.3 Å². The molecule has 1 aliphatic rings. The fourth-order valence-corrected chi connectivity index (χ4v) is 4.12. The van der Waals surface area contributed by atoms with Crippen LogP contribution in [-0.4, -0.2) is 42.1 Å². The Bertz CT molecular complexity index is 1430. The van der Waals surface area contributed by atoms with Gasteiger partial charge in [0, 0.05) is 24.4 Å². The number of carbonyl (C=O) groups is 1. The van der Waals surface area contributed by atoms with Crippen LogP contribution in [0.3, 0.4) is 0 Å². The lowest BCUT2D eigenvalue weighted by Gasteiger charge is -2.15. The van der Waals surface area contributed by atoms with E-state index in [1.807, 2.05) is 18.2 Å². The first-order valence-electron chi connectivity index (χ1n) is 12.4. The third kappa shape index (κ3) is 5.84. The van der Waals surface area contributed by atoms with Crippen LogP contribution in [-0.2, 0) is 4.74 Å². The van der Waals surface area contributed by atoms with Gasteiger partial charge >= 0.3 is 0 Å². The summed E-state index contributed by atoms with van der Waals surface area (Å²) in [5.74, 6) is 1.33. The fraction of sp³-hybridized carbons (Fsp3) is 0.207. The molecule has 2 N–H and O–H groups in total. The second-order valence-electron chi connectivity index (χ2n) is 8.76. The predicted octanol–water partition coefficient (Wildman–Crippen LogP) is 4.69. The lowest BCUT2D eigenvalue weighted by atomic mass is 10.1. The SMILES string of the molecule is COc1ccc(-n2ncc(Oc3ccccc3)c(Nc3ccc(C(=O)NC[C@H]4CCCO4)cc3)c2=O)cc1. The van der Waals surface area contributed by atoms with E-state index < -0.39 is 5.56 Å². The number of nitrogens with one attached hydrogen (secondary N) is 2. The second-order valence-corrected chi connectivity index (χ2v) is 8.76. The summed E-state index contributed by atoms with van der Waals surface area (Å²) in [6, 6.07) is 23.1. The second kappa shape index (κ2) is 11.6. The molecule has 0 saturated carbocycles. The molecule has 5 rings (SSSR count). The molecule has 2 heterocycles.